The molecule has 0 heterocycles. The fourth-order valence-corrected chi connectivity index (χ4v) is 0.592. The van der Waals surface area contributed by atoms with Crippen molar-refractivity contribution in [3.8, 4) is 0 Å². The van der Waals surface area contributed by atoms with E-state index < -0.39 is 7.12 Å². The van der Waals surface area contributed by atoms with Gasteiger partial charge in [-0.15, -0.1) is 0 Å². The highest BCUT2D eigenvalue weighted by Gasteiger charge is 2.13. The van der Waals surface area contributed by atoms with Gasteiger partial charge in [0.25, 0.3) is 0 Å². The first-order valence-electron chi connectivity index (χ1n) is 3.40. The number of rotatable bonds is 3. The summed E-state index contributed by atoms with van der Waals surface area (Å²) in [6.45, 7) is 3.68. The van der Waals surface area contributed by atoms with Crippen LogP contribution in [0.5, 0.6) is 0 Å². The number of allylic oxidation sites excluding steroid dienone is 1. The van der Waals surface area contributed by atoms with E-state index in [0.717, 1.165) is 0 Å². The van der Waals surface area contributed by atoms with Gasteiger partial charge in [0.15, 0.2) is 0 Å². The van der Waals surface area contributed by atoms with Crippen LogP contribution in [-0.4, -0.2) is 28.8 Å². The third-order valence-electron chi connectivity index (χ3n) is 0.939. The molecule has 0 rings (SSSR count). The molecule has 0 fully saturated rings. The van der Waals surface area contributed by atoms with Crippen LogP contribution < -0.4 is 5.73 Å². The van der Waals surface area contributed by atoms with E-state index >= 15 is 0 Å². The molecule has 4 nitrogen and oxygen atoms in total. The topological polar surface area (TPSA) is 78.8 Å². The molecule has 5 heteroatoms. The Balaban J connectivity index is 4.33. The zero-order valence-corrected chi connectivity index (χ0v) is 6.73. The summed E-state index contributed by atoms with van der Waals surface area (Å²) >= 11 is 0. The molecule has 11 heavy (non-hydrogen) atoms. The van der Waals surface area contributed by atoms with E-state index in [2.05, 4.69) is 4.99 Å². The molecule has 0 spiro atoms. The van der Waals surface area contributed by atoms with Gasteiger partial charge in [-0.2, -0.15) is 0 Å². The van der Waals surface area contributed by atoms with E-state index in [4.69, 9.17) is 15.8 Å². The lowest BCUT2D eigenvalue weighted by Crippen LogP contribution is -2.25. The van der Waals surface area contributed by atoms with Gasteiger partial charge < -0.3 is 15.8 Å². The largest absolute Gasteiger partial charge is 0.507 e. The normalized spacial score (nSPS) is 13.0. The molecular weight excluding hydrogens is 143 g/mol. The van der Waals surface area contributed by atoms with Crippen LogP contribution in [0.3, 0.4) is 0 Å². The van der Waals surface area contributed by atoms with Crippen molar-refractivity contribution in [3.63, 3.8) is 0 Å². The van der Waals surface area contributed by atoms with Crippen LogP contribution in [-0.2, 0) is 0 Å². The smallest absolute Gasteiger partial charge is 0.422 e. The molecule has 0 bridgehead atoms. The molecular formula is C6H13BN2O2. The van der Waals surface area contributed by atoms with E-state index in [0.29, 0.717) is 0 Å². The molecule has 0 aromatic heterocycles. The number of hydrogen-bond acceptors (Lipinski definition) is 4. The van der Waals surface area contributed by atoms with Gasteiger partial charge in [-0.3, -0.25) is 4.99 Å². The van der Waals surface area contributed by atoms with E-state index in [9.17, 15) is 0 Å². The van der Waals surface area contributed by atoms with Crippen LogP contribution in [0.1, 0.15) is 13.8 Å². The highest BCUT2D eigenvalue weighted by molar-refractivity contribution is 6.82. The Hall–Kier alpha value is -0.805. The fourth-order valence-electron chi connectivity index (χ4n) is 0.592. The van der Waals surface area contributed by atoms with Crippen LogP contribution >= 0.6 is 0 Å². The number of nitrogens with two attached hydrogens (primary N) is 1. The van der Waals surface area contributed by atoms with Crippen LogP contribution in [0.4, 0.5) is 0 Å². The summed E-state index contributed by atoms with van der Waals surface area (Å²) in [5.74, 6) is 0. The molecule has 0 saturated carbocycles. The molecule has 0 aliphatic heterocycles. The van der Waals surface area contributed by atoms with Crippen LogP contribution in [0, 0.1) is 0 Å². The molecule has 0 aliphatic carbocycles. The number of aliphatic imine (C=N–C) groups is 1. The lowest BCUT2D eigenvalue weighted by atomic mass is 9.83. The summed E-state index contributed by atoms with van der Waals surface area (Å²) in [4.78, 5) is 3.92. The Bertz CT molecular complexity index is 166. The average Bonchev–Trinajstić information content (AvgIpc) is 1.86. The predicted molar refractivity (Wildman–Crippen MR) is 46.1 cm³/mol. The van der Waals surface area contributed by atoms with Crippen LogP contribution in [0.25, 0.3) is 0 Å². The number of hydrogen-bond donors (Lipinski definition) is 3. The average molecular weight is 156 g/mol. The van der Waals surface area contributed by atoms with Crippen molar-refractivity contribution in [1.82, 2.24) is 0 Å². The minimum atomic E-state index is -1.54. The second kappa shape index (κ2) is 4.93. The Kier molecular flexibility index (Phi) is 4.57. The highest BCUT2D eigenvalue weighted by atomic mass is 16.4. The van der Waals surface area contributed by atoms with Crippen LogP contribution in [0.2, 0.25) is 0 Å². The predicted octanol–water partition coefficient (Wildman–Crippen LogP) is -0.680. The maximum absolute atomic E-state index is 8.71. The highest BCUT2D eigenvalue weighted by Crippen LogP contribution is 1.91. The van der Waals surface area contributed by atoms with Crippen molar-refractivity contribution in [2.75, 3.05) is 0 Å². The number of nitrogens with zero attached hydrogens (tertiary/aromatic N) is 1. The van der Waals surface area contributed by atoms with Gasteiger partial charge in [0, 0.05) is 6.04 Å². The first-order chi connectivity index (χ1) is 5.07. The first kappa shape index (κ1) is 10.2. The molecule has 0 radical (unpaired) electrons. The zero-order valence-electron chi connectivity index (χ0n) is 6.73. The van der Waals surface area contributed by atoms with Gasteiger partial charge >= 0.3 is 7.12 Å². The van der Waals surface area contributed by atoms with Gasteiger partial charge in [-0.25, -0.2) is 0 Å². The SMILES string of the molecule is CC(C)N=C(C=CN)B(O)O. The minimum Gasteiger partial charge on any atom is -0.422 e. The minimum absolute atomic E-state index is 0.0306. The van der Waals surface area contributed by atoms with Crippen molar-refractivity contribution < 1.29 is 10.0 Å². The molecule has 0 aliphatic rings. The van der Waals surface area contributed by atoms with Gasteiger partial charge in [0.1, 0.15) is 0 Å². The lowest BCUT2D eigenvalue weighted by molar-refractivity contribution is 0.430. The quantitative estimate of drug-likeness (QED) is 0.374. The summed E-state index contributed by atoms with van der Waals surface area (Å²) in [6, 6.07) is 0.0306. The molecule has 0 unspecified atom stereocenters. The van der Waals surface area contributed by atoms with E-state index in [1.165, 1.54) is 12.3 Å². The summed E-state index contributed by atoms with van der Waals surface area (Å²) in [5, 5.41) is 17.4. The van der Waals surface area contributed by atoms with Crippen molar-refractivity contribution in [1.29, 1.82) is 0 Å². The Morgan fingerprint density at radius 2 is 2.09 bits per heavy atom. The summed E-state index contributed by atoms with van der Waals surface area (Å²) in [7, 11) is -1.54. The van der Waals surface area contributed by atoms with E-state index in [-0.39, 0.29) is 11.7 Å². The fraction of sp³-hybridized carbons (Fsp3) is 0.500. The van der Waals surface area contributed by atoms with Crippen molar-refractivity contribution in [3.05, 3.63) is 12.3 Å². The second-order valence-corrected chi connectivity index (χ2v) is 2.38. The first-order valence-corrected chi connectivity index (χ1v) is 3.40. The Morgan fingerprint density at radius 3 is 2.36 bits per heavy atom. The van der Waals surface area contributed by atoms with E-state index in [1.54, 1.807) is 0 Å². The Morgan fingerprint density at radius 1 is 1.55 bits per heavy atom. The molecule has 0 aromatic carbocycles. The van der Waals surface area contributed by atoms with Gasteiger partial charge in [0.2, 0.25) is 0 Å². The molecule has 0 atom stereocenters. The third-order valence-corrected chi connectivity index (χ3v) is 0.939. The molecule has 0 aromatic rings. The molecule has 0 amide bonds. The maximum Gasteiger partial charge on any atom is 0.507 e. The summed E-state index contributed by atoms with van der Waals surface area (Å²) in [6.07, 6.45) is 2.59. The van der Waals surface area contributed by atoms with Crippen LogP contribution in [0.15, 0.2) is 17.3 Å². The van der Waals surface area contributed by atoms with Crippen molar-refractivity contribution >= 4 is 12.7 Å². The third kappa shape index (κ3) is 4.58. The molecule has 62 valence electrons. The van der Waals surface area contributed by atoms with Gasteiger partial charge in [0.05, 0.1) is 5.61 Å². The van der Waals surface area contributed by atoms with Crippen molar-refractivity contribution in [2.24, 2.45) is 10.7 Å². The van der Waals surface area contributed by atoms with E-state index in [1.807, 2.05) is 13.8 Å². The maximum atomic E-state index is 8.71. The zero-order chi connectivity index (χ0) is 8.85. The summed E-state index contributed by atoms with van der Waals surface area (Å²) < 4.78 is 0. The standard InChI is InChI=1S/C6H13BN2O2/c1-5(2)9-6(3-4-8)7(10)11/h3-5,10-11H,8H2,1-2H3. The molecule has 0 saturated heterocycles. The van der Waals surface area contributed by atoms with Gasteiger partial charge in [-0.1, -0.05) is 0 Å². The lowest BCUT2D eigenvalue weighted by Gasteiger charge is -2.01. The summed E-state index contributed by atoms with van der Waals surface area (Å²) in [5.41, 5.74) is 5.24. The van der Waals surface area contributed by atoms with Crippen molar-refractivity contribution in [2.45, 2.75) is 19.9 Å². The molecule has 4 N–H and O–H groups in total. The van der Waals surface area contributed by atoms with Gasteiger partial charge in [-0.05, 0) is 26.1 Å². The second-order valence-electron chi connectivity index (χ2n) is 2.38. The monoisotopic (exact) mass is 156 g/mol. The Labute approximate surface area is 66.6 Å².